The lowest BCUT2D eigenvalue weighted by Gasteiger charge is -2.38. The fourth-order valence-electron chi connectivity index (χ4n) is 6.74. The van der Waals surface area contributed by atoms with Crippen LogP contribution in [0.4, 0.5) is 0 Å². The van der Waals surface area contributed by atoms with Crippen LogP contribution in [-0.4, -0.2) is 80.2 Å². The summed E-state index contributed by atoms with van der Waals surface area (Å²) in [5, 5.41) is 20.3. The molecule has 0 amide bonds. The van der Waals surface area contributed by atoms with E-state index in [1.807, 2.05) is 16.9 Å². The van der Waals surface area contributed by atoms with Gasteiger partial charge in [0.1, 0.15) is 0 Å². The smallest absolute Gasteiger partial charge is 0.310 e. The minimum atomic E-state index is -0.404. The maximum absolute atomic E-state index is 13.3. The van der Waals surface area contributed by atoms with E-state index in [4.69, 9.17) is 23.7 Å². The predicted molar refractivity (Wildman–Crippen MR) is 157 cm³/mol. The van der Waals surface area contributed by atoms with Crippen molar-refractivity contribution in [1.29, 1.82) is 0 Å². The van der Waals surface area contributed by atoms with Gasteiger partial charge in [0.15, 0.2) is 23.0 Å². The number of nitrogens with zero attached hydrogens (tertiary/aromatic N) is 1. The van der Waals surface area contributed by atoms with Gasteiger partial charge in [0.25, 0.3) is 0 Å². The molecule has 2 aromatic carbocycles. The number of carbonyl (C=O) groups is 1. The van der Waals surface area contributed by atoms with Gasteiger partial charge < -0.3 is 33.9 Å². The first kappa shape index (κ1) is 28.6. The summed E-state index contributed by atoms with van der Waals surface area (Å²) < 4.78 is 28.2. The Morgan fingerprint density at radius 2 is 1.76 bits per heavy atom. The highest BCUT2D eigenvalue weighted by Crippen LogP contribution is 2.60. The first-order valence-corrected chi connectivity index (χ1v) is 16.6. The molecule has 1 aliphatic carbocycles. The number of ether oxygens (including phenoxy) is 5. The van der Waals surface area contributed by atoms with E-state index in [0.717, 1.165) is 48.4 Å². The van der Waals surface area contributed by atoms with Crippen molar-refractivity contribution in [2.75, 3.05) is 53.1 Å². The Hall–Kier alpha value is -2.47. The topological polar surface area (TPSA) is 107 Å². The highest BCUT2D eigenvalue weighted by molar-refractivity contribution is 8.76. The minimum Gasteiger partial charge on any atom is -0.502 e. The van der Waals surface area contributed by atoms with Gasteiger partial charge in [-0.15, -0.1) is 0 Å². The molecule has 11 heteroatoms. The molecular formula is C30H37NO8S2. The molecule has 2 saturated heterocycles. The van der Waals surface area contributed by atoms with E-state index in [0.29, 0.717) is 18.1 Å². The zero-order valence-corrected chi connectivity index (χ0v) is 25.0. The summed E-state index contributed by atoms with van der Waals surface area (Å²) >= 11 is 0. The number of phenols is 1. The summed E-state index contributed by atoms with van der Waals surface area (Å²) in [6.45, 7) is 2.79. The monoisotopic (exact) mass is 603 g/mol. The molecule has 41 heavy (non-hydrogen) atoms. The third kappa shape index (κ3) is 5.42. The van der Waals surface area contributed by atoms with Crippen LogP contribution in [-0.2, 0) is 9.53 Å². The van der Waals surface area contributed by atoms with E-state index in [9.17, 15) is 15.0 Å². The maximum Gasteiger partial charge on any atom is 0.310 e. The van der Waals surface area contributed by atoms with Crippen molar-refractivity contribution in [2.45, 2.75) is 42.9 Å². The number of aromatic hydroxyl groups is 1. The zero-order valence-electron chi connectivity index (χ0n) is 23.4. The number of carbonyl (C=O) groups excluding carboxylic acids is 1. The van der Waals surface area contributed by atoms with Crippen molar-refractivity contribution in [3.05, 3.63) is 41.0 Å². The van der Waals surface area contributed by atoms with Crippen LogP contribution in [0.3, 0.4) is 0 Å². The molecule has 0 spiro atoms. The van der Waals surface area contributed by atoms with Crippen LogP contribution in [0.5, 0.6) is 28.7 Å². The molecular weight excluding hydrogens is 566 g/mol. The Morgan fingerprint density at radius 1 is 1.02 bits per heavy atom. The third-order valence-corrected chi connectivity index (χ3v) is 11.7. The average Bonchev–Trinajstić information content (AvgIpc) is 3.62. The first-order chi connectivity index (χ1) is 20.0. The van der Waals surface area contributed by atoms with Gasteiger partial charge in [0, 0.05) is 28.9 Å². The van der Waals surface area contributed by atoms with Gasteiger partial charge in [-0.05, 0) is 73.3 Å². The van der Waals surface area contributed by atoms with Crippen molar-refractivity contribution >= 4 is 27.6 Å². The van der Waals surface area contributed by atoms with Crippen molar-refractivity contribution in [2.24, 2.45) is 11.8 Å². The Bertz CT molecular complexity index is 1250. The molecule has 4 aliphatic rings. The Labute approximate surface area is 248 Å². The van der Waals surface area contributed by atoms with E-state index >= 15 is 0 Å². The molecule has 5 atom stereocenters. The van der Waals surface area contributed by atoms with Crippen LogP contribution < -0.4 is 18.9 Å². The summed E-state index contributed by atoms with van der Waals surface area (Å²) in [4.78, 5) is 15.8. The molecule has 1 unspecified atom stereocenters. The number of piperidine rings is 1. The van der Waals surface area contributed by atoms with Crippen LogP contribution >= 0.6 is 21.6 Å². The molecule has 6 rings (SSSR count). The first-order valence-electron chi connectivity index (χ1n) is 14.2. The summed E-state index contributed by atoms with van der Waals surface area (Å²) in [5.74, 6) is 1.84. The van der Waals surface area contributed by atoms with Crippen molar-refractivity contribution in [3.63, 3.8) is 0 Å². The lowest BCUT2D eigenvalue weighted by Crippen LogP contribution is -2.42. The largest absolute Gasteiger partial charge is 0.502 e. The number of hydrogen-bond donors (Lipinski definition) is 2. The predicted octanol–water partition coefficient (Wildman–Crippen LogP) is 4.73. The molecule has 9 nitrogen and oxygen atoms in total. The number of likely N-dealkylation sites (tertiary alicyclic amines) is 1. The standard InChI is InChI=1S/C30H37NO8S2/c1-35-24-10-17(11-25(36-2)28(24)33)26-19-12-22-23(39-16-38-22)13-20(19)29(21-15-37-30(34)27(21)26)41-40-9-5-8-31-7-4-3-6-18(31)14-32/h10-13,18,21,26-27,29,32-33H,3-9,14-16H2,1-2H3/t18?,21-,26+,27-,29+/m0/s1. The van der Waals surface area contributed by atoms with E-state index in [-0.39, 0.29) is 59.7 Å². The lowest BCUT2D eigenvalue weighted by atomic mass is 9.67. The summed E-state index contributed by atoms with van der Waals surface area (Å²) in [6.07, 6.45) is 4.50. The number of esters is 1. The number of hydrogen-bond acceptors (Lipinski definition) is 11. The summed E-state index contributed by atoms with van der Waals surface area (Å²) in [7, 11) is 6.63. The fraction of sp³-hybridized carbons (Fsp3) is 0.567. The number of aliphatic hydroxyl groups is 1. The molecule has 222 valence electrons. The molecule has 2 aromatic rings. The van der Waals surface area contributed by atoms with Gasteiger partial charge in [-0.2, -0.15) is 0 Å². The maximum atomic E-state index is 13.3. The summed E-state index contributed by atoms with van der Waals surface area (Å²) in [5.41, 5.74) is 2.90. The third-order valence-electron chi connectivity index (χ3n) is 8.79. The van der Waals surface area contributed by atoms with Crippen LogP contribution in [0.25, 0.3) is 0 Å². The average molecular weight is 604 g/mol. The van der Waals surface area contributed by atoms with Crippen molar-refractivity contribution in [1.82, 2.24) is 4.90 Å². The SMILES string of the molecule is COc1cc([C@@H]2c3cc4c(cc3[C@@H](SSCCCN3CCCCC3CO)[C@H]3COC(=O)[C@H]23)OCO4)cc(OC)c1O. The minimum absolute atomic E-state index is 0.0262. The highest BCUT2D eigenvalue weighted by atomic mass is 33.1. The molecule has 0 radical (unpaired) electrons. The number of rotatable bonds is 10. The number of fused-ring (bicyclic) bond motifs is 3. The van der Waals surface area contributed by atoms with Crippen LogP contribution in [0.2, 0.25) is 0 Å². The van der Waals surface area contributed by atoms with Gasteiger partial charge in [-0.25, -0.2) is 0 Å². The molecule has 0 bridgehead atoms. The zero-order chi connectivity index (χ0) is 28.5. The second-order valence-corrected chi connectivity index (χ2v) is 13.6. The normalized spacial score (nSPS) is 26.8. The highest BCUT2D eigenvalue weighted by Gasteiger charge is 2.53. The number of methoxy groups -OCH3 is 2. The lowest BCUT2D eigenvalue weighted by molar-refractivity contribution is -0.141. The fourth-order valence-corrected chi connectivity index (χ4v) is 9.75. The number of cyclic esters (lactones) is 1. The van der Waals surface area contributed by atoms with E-state index in [1.165, 1.54) is 27.1 Å². The molecule has 3 heterocycles. The number of aliphatic hydroxyl groups excluding tert-OH is 1. The number of benzene rings is 2. The Balaban J connectivity index is 1.29. The van der Waals surface area contributed by atoms with E-state index in [1.54, 1.807) is 22.9 Å². The van der Waals surface area contributed by atoms with Gasteiger partial charge in [-0.3, -0.25) is 9.69 Å². The molecule has 0 saturated carbocycles. The van der Waals surface area contributed by atoms with Gasteiger partial charge in [0.05, 0.1) is 33.4 Å². The number of phenolic OH excluding ortho intramolecular Hbond substituents is 1. The van der Waals surface area contributed by atoms with E-state index in [2.05, 4.69) is 11.0 Å². The quantitative estimate of drug-likeness (QED) is 0.224. The molecule has 0 aromatic heterocycles. The van der Waals surface area contributed by atoms with Crippen LogP contribution in [0.15, 0.2) is 24.3 Å². The second-order valence-electron chi connectivity index (χ2n) is 11.0. The van der Waals surface area contributed by atoms with Gasteiger partial charge in [0.2, 0.25) is 12.5 Å². The van der Waals surface area contributed by atoms with Gasteiger partial charge >= 0.3 is 5.97 Å². The molecule has 3 aliphatic heterocycles. The van der Waals surface area contributed by atoms with Gasteiger partial charge in [-0.1, -0.05) is 28.0 Å². The molecule has 2 fully saturated rings. The van der Waals surface area contributed by atoms with E-state index < -0.39 is 5.92 Å². The summed E-state index contributed by atoms with van der Waals surface area (Å²) in [6, 6.07) is 7.91. The van der Waals surface area contributed by atoms with Crippen molar-refractivity contribution < 1.29 is 38.7 Å². The second kappa shape index (κ2) is 12.4. The Kier molecular flexibility index (Phi) is 8.67. The van der Waals surface area contributed by atoms with Crippen LogP contribution in [0.1, 0.15) is 53.5 Å². The molecule has 2 N–H and O–H groups in total. The van der Waals surface area contributed by atoms with Crippen molar-refractivity contribution in [3.8, 4) is 28.7 Å². The van der Waals surface area contributed by atoms with Crippen LogP contribution in [0, 0.1) is 11.8 Å². The Morgan fingerprint density at radius 3 is 2.46 bits per heavy atom.